The SMILES string of the molecule is O=Cc1cccc(F)c1OCCCc1ccncc1. The zero-order valence-corrected chi connectivity index (χ0v) is 10.4. The number of aromatic nitrogens is 1. The van der Waals surface area contributed by atoms with Crippen LogP contribution in [-0.4, -0.2) is 17.9 Å². The number of ether oxygens (including phenoxy) is 1. The molecule has 4 heteroatoms. The molecule has 0 fully saturated rings. The number of halogens is 1. The minimum Gasteiger partial charge on any atom is -0.490 e. The quantitative estimate of drug-likeness (QED) is 0.591. The highest BCUT2D eigenvalue weighted by Gasteiger charge is 2.08. The van der Waals surface area contributed by atoms with Gasteiger partial charge in [0.25, 0.3) is 0 Å². The molecule has 2 rings (SSSR count). The van der Waals surface area contributed by atoms with E-state index in [-0.39, 0.29) is 11.3 Å². The van der Waals surface area contributed by atoms with E-state index in [2.05, 4.69) is 4.98 Å². The molecule has 0 bridgehead atoms. The number of aldehydes is 1. The molecule has 98 valence electrons. The molecule has 0 aliphatic rings. The summed E-state index contributed by atoms with van der Waals surface area (Å²) in [5, 5.41) is 0. The fraction of sp³-hybridized carbons (Fsp3) is 0.200. The van der Waals surface area contributed by atoms with Gasteiger partial charge in [-0.15, -0.1) is 0 Å². The van der Waals surface area contributed by atoms with E-state index in [1.165, 1.54) is 18.2 Å². The summed E-state index contributed by atoms with van der Waals surface area (Å²) in [5.74, 6) is -0.472. The highest BCUT2D eigenvalue weighted by Crippen LogP contribution is 2.21. The van der Waals surface area contributed by atoms with Crippen molar-refractivity contribution in [3.05, 3.63) is 59.7 Å². The average molecular weight is 259 g/mol. The van der Waals surface area contributed by atoms with Crippen LogP contribution in [0.3, 0.4) is 0 Å². The van der Waals surface area contributed by atoms with Crippen LogP contribution in [-0.2, 0) is 6.42 Å². The molecular weight excluding hydrogens is 245 g/mol. The number of hydrogen-bond acceptors (Lipinski definition) is 3. The number of hydrogen-bond donors (Lipinski definition) is 0. The molecule has 0 saturated heterocycles. The Morgan fingerprint density at radius 3 is 2.74 bits per heavy atom. The van der Waals surface area contributed by atoms with Crippen molar-refractivity contribution in [3.63, 3.8) is 0 Å². The Bertz CT molecular complexity index is 543. The lowest BCUT2D eigenvalue weighted by Crippen LogP contribution is -2.03. The van der Waals surface area contributed by atoms with Gasteiger partial charge in [0.15, 0.2) is 17.9 Å². The second-order valence-electron chi connectivity index (χ2n) is 4.08. The number of rotatable bonds is 6. The Balaban J connectivity index is 1.88. The fourth-order valence-electron chi connectivity index (χ4n) is 1.77. The average Bonchev–Trinajstić information content (AvgIpc) is 2.46. The van der Waals surface area contributed by atoms with E-state index in [9.17, 15) is 9.18 Å². The number of pyridine rings is 1. The Labute approximate surface area is 111 Å². The standard InChI is InChI=1S/C15H14FNO2/c16-14-5-1-4-13(11-18)15(14)19-10-2-3-12-6-8-17-9-7-12/h1,4-9,11H,2-3,10H2. The smallest absolute Gasteiger partial charge is 0.165 e. The van der Waals surface area contributed by atoms with Crippen LogP contribution in [0.15, 0.2) is 42.7 Å². The summed E-state index contributed by atoms with van der Waals surface area (Å²) in [4.78, 5) is 14.7. The first-order valence-corrected chi connectivity index (χ1v) is 6.06. The van der Waals surface area contributed by atoms with E-state index in [0.717, 1.165) is 18.4 Å². The monoisotopic (exact) mass is 259 g/mol. The predicted octanol–water partition coefficient (Wildman–Crippen LogP) is 3.04. The second kappa shape index (κ2) is 6.64. The zero-order valence-electron chi connectivity index (χ0n) is 10.4. The maximum atomic E-state index is 13.5. The van der Waals surface area contributed by atoms with E-state index < -0.39 is 5.82 Å². The first-order chi connectivity index (χ1) is 9.31. The molecule has 1 aromatic carbocycles. The molecule has 0 amide bonds. The summed E-state index contributed by atoms with van der Waals surface area (Å²) < 4.78 is 18.9. The molecule has 0 radical (unpaired) electrons. The highest BCUT2D eigenvalue weighted by atomic mass is 19.1. The largest absolute Gasteiger partial charge is 0.490 e. The lowest BCUT2D eigenvalue weighted by molar-refractivity contribution is 0.111. The third-order valence-corrected chi connectivity index (χ3v) is 2.73. The van der Waals surface area contributed by atoms with Gasteiger partial charge in [0.2, 0.25) is 0 Å². The third kappa shape index (κ3) is 3.61. The van der Waals surface area contributed by atoms with Gasteiger partial charge >= 0.3 is 0 Å². The Morgan fingerprint density at radius 1 is 1.21 bits per heavy atom. The maximum Gasteiger partial charge on any atom is 0.165 e. The first-order valence-electron chi connectivity index (χ1n) is 6.06. The van der Waals surface area contributed by atoms with E-state index in [1.54, 1.807) is 12.4 Å². The summed E-state index contributed by atoms with van der Waals surface area (Å²) in [6.45, 7) is 0.365. The summed E-state index contributed by atoms with van der Waals surface area (Å²) in [6, 6.07) is 8.17. The zero-order chi connectivity index (χ0) is 13.5. The van der Waals surface area contributed by atoms with Crippen LogP contribution in [0.25, 0.3) is 0 Å². The van der Waals surface area contributed by atoms with E-state index >= 15 is 0 Å². The Hall–Kier alpha value is -2.23. The highest BCUT2D eigenvalue weighted by molar-refractivity contribution is 5.79. The number of nitrogens with zero attached hydrogens (tertiary/aromatic N) is 1. The third-order valence-electron chi connectivity index (χ3n) is 2.73. The van der Waals surface area contributed by atoms with Crippen molar-refractivity contribution in [2.75, 3.05) is 6.61 Å². The first kappa shape index (κ1) is 13.2. The molecule has 0 N–H and O–H groups in total. The van der Waals surface area contributed by atoms with Gasteiger partial charge in [-0.05, 0) is 42.7 Å². The number of carbonyl (C=O) groups is 1. The molecule has 0 spiro atoms. The van der Waals surface area contributed by atoms with Gasteiger partial charge < -0.3 is 4.74 Å². The fourth-order valence-corrected chi connectivity index (χ4v) is 1.77. The van der Waals surface area contributed by atoms with E-state index in [4.69, 9.17) is 4.74 Å². The minimum absolute atomic E-state index is 0.0345. The van der Waals surface area contributed by atoms with Gasteiger partial charge in [-0.25, -0.2) is 4.39 Å². The number of benzene rings is 1. The molecule has 3 nitrogen and oxygen atoms in total. The van der Waals surface area contributed by atoms with Gasteiger partial charge in [0.1, 0.15) is 0 Å². The van der Waals surface area contributed by atoms with Crippen molar-refractivity contribution in [2.24, 2.45) is 0 Å². The van der Waals surface area contributed by atoms with Gasteiger partial charge in [-0.2, -0.15) is 0 Å². The topological polar surface area (TPSA) is 39.2 Å². The van der Waals surface area contributed by atoms with Crippen molar-refractivity contribution < 1.29 is 13.9 Å². The molecule has 19 heavy (non-hydrogen) atoms. The van der Waals surface area contributed by atoms with E-state index in [0.29, 0.717) is 12.9 Å². The predicted molar refractivity (Wildman–Crippen MR) is 69.8 cm³/mol. The summed E-state index contributed by atoms with van der Waals surface area (Å²) >= 11 is 0. The van der Waals surface area contributed by atoms with Gasteiger partial charge in [0.05, 0.1) is 12.2 Å². The number of para-hydroxylation sites is 1. The minimum atomic E-state index is -0.506. The van der Waals surface area contributed by atoms with Crippen LogP contribution in [0.1, 0.15) is 22.3 Å². The molecule has 1 aromatic heterocycles. The van der Waals surface area contributed by atoms with Gasteiger partial charge in [0, 0.05) is 12.4 Å². The maximum absolute atomic E-state index is 13.5. The molecule has 0 saturated carbocycles. The van der Waals surface area contributed by atoms with Crippen molar-refractivity contribution in [2.45, 2.75) is 12.8 Å². The molecular formula is C15H14FNO2. The lowest BCUT2D eigenvalue weighted by Gasteiger charge is -2.09. The molecule has 0 atom stereocenters. The molecule has 0 aliphatic carbocycles. The molecule has 1 heterocycles. The molecule has 0 aliphatic heterocycles. The summed E-state index contributed by atoms with van der Waals surface area (Å²) in [5.41, 5.74) is 1.40. The van der Waals surface area contributed by atoms with Crippen LogP contribution in [0.2, 0.25) is 0 Å². The Kier molecular flexibility index (Phi) is 4.61. The van der Waals surface area contributed by atoms with Crippen LogP contribution in [0.4, 0.5) is 4.39 Å². The Morgan fingerprint density at radius 2 is 2.00 bits per heavy atom. The van der Waals surface area contributed by atoms with Crippen LogP contribution >= 0.6 is 0 Å². The van der Waals surface area contributed by atoms with Crippen molar-refractivity contribution in [1.82, 2.24) is 4.98 Å². The number of carbonyl (C=O) groups excluding carboxylic acids is 1. The summed E-state index contributed by atoms with van der Waals surface area (Å²) in [6.07, 6.45) is 5.64. The van der Waals surface area contributed by atoms with Gasteiger partial charge in [-0.3, -0.25) is 9.78 Å². The van der Waals surface area contributed by atoms with Crippen molar-refractivity contribution >= 4 is 6.29 Å². The molecule has 0 unspecified atom stereocenters. The van der Waals surface area contributed by atoms with Crippen LogP contribution in [0.5, 0.6) is 5.75 Å². The lowest BCUT2D eigenvalue weighted by atomic mass is 10.1. The van der Waals surface area contributed by atoms with Crippen molar-refractivity contribution in [1.29, 1.82) is 0 Å². The van der Waals surface area contributed by atoms with Crippen LogP contribution < -0.4 is 4.74 Å². The normalized spacial score (nSPS) is 10.2. The summed E-state index contributed by atoms with van der Waals surface area (Å²) in [7, 11) is 0. The van der Waals surface area contributed by atoms with Crippen molar-refractivity contribution in [3.8, 4) is 5.75 Å². The van der Waals surface area contributed by atoms with Gasteiger partial charge in [-0.1, -0.05) is 6.07 Å². The van der Waals surface area contributed by atoms with E-state index in [1.807, 2.05) is 12.1 Å². The molecule has 2 aromatic rings. The van der Waals surface area contributed by atoms with Crippen LogP contribution in [0, 0.1) is 5.82 Å². The second-order valence-corrected chi connectivity index (χ2v) is 4.08. The number of aryl methyl sites for hydroxylation is 1.